The molecule has 0 aromatic heterocycles. The summed E-state index contributed by atoms with van der Waals surface area (Å²) < 4.78 is 0. The van der Waals surface area contributed by atoms with Crippen molar-refractivity contribution >= 4 is 17.5 Å². The lowest BCUT2D eigenvalue weighted by atomic mass is 9.96. The Kier molecular flexibility index (Phi) is 6.17. The molecule has 2 aliphatic heterocycles. The molecule has 1 N–H and O–H groups in total. The molecule has 5 heteroatoms. The quantitative estimate of drug-likeness (QED) is 0.881. The summed E-state index contributed by atoms with van der Waals surface area (Å²) in [6.07, 6.45) is 5.06. The smallest absolute Gasteiger partial charge is 0.255 e. The zero-order chi connectivity index (χ0) is 18.5. The molecule has 0 radical (unpaired) electrons. The SMILES string of the molecule is CCCNC(=O)C1CCCN(C(=O)c2cc(C)ccc2N2CCCC2)C1. The molecule has 1 aromatic rings. The maximum atomic E-state index is 13.3. The summed E-state index contributed by atoms with van der Waals surface area (Å²) in [5.41, 5.74) is 2.95. The minimum absolute atomic E-state index is 0.0728. The van der Waals surface area contributed by atoms with Crippen LogP contribution in [-0.2, 0) is 4.79 Å². The normalized spacial score (nSPS) is 20.3. The summed E-state index contributed by atoms with van der Waals surface area (Å²) in [5, 5.41) is 2.98. The number of aryl methyl sites for hydroxylation is 1. The lowest BCUT2D eigenvalue weighted by molar-refractivity contribution is -0.126. The second kappa shape index (κ2) is 8.56. The van der Waals surface area contributed by atoms with Gasteiger partial charge < -0.3 is 15.1 Å². The van der Waals surface area contributed by atoms with Gasteiger partial charge in [0.15, 0.2) is 0 Å². The van der Waals surface area contributed by atoms with Gasteiger partial charge in [-0.3, -0.25) is 9.59 Å². The molecule has 2 fully saturated rings. The largest absolute Gasteiger partial charge is 0.371 e. The highest BCUT2D eigenvalue weighted by Crippen LogP contribution is 2.28. The molecular weight excluding hydrogens is 326 g/mol. The molecule has 142 valence electrons. The second-order valence-corrected chi connectivity index (χ2v) is 7.60. The fraction of sp³-hybridized carbons (Fsp3) is 0.619. The van der Waals surface area contributed by atoms with E-state index in [0.717, 1.165) is 55.7 Å². The van der Waals surface area contributed by atoms with Gasteiger partial charge in [0.25, 0.3) is 5.91 Å². The average molecular weight is 357 g/mol. The van der Waals surface area contributed by atoms with Crippen molar-refractivity contribution in [1.82, 2.24) is 10.2 Å². The number of nitrogens with one attached hydrogen (secondary N) is 1. The van der Waals surface area contributed by atoms with Crippen LogP contribution in [0.2, 0.25) is 0 Å². The van der Waals surface area contributed by atoms with Crippen LogP contribution in [0.1, 0.15) is 54.9 Å². The van der Waals surface area contributed by atoms with E-state index in [2.05, 4.69) is 29.3 Å². The Bertz CT molecular complexity index is 653. The lowest BCUT2D eigenvalue weighted by Gasteiger charge is -2.33. The Labute approximate surface area is 156 Å². The number of likely N-dealkylation sites (tertiary alicyclic amines) is 1. The number of piperidine rings is 1. The van der Waals surface area contributed by atoms with Gasteiger partial charge in [-0.1, -0.05) is 18.6 Å². The predicted octanol–water partition coefficient (Wildman–Crippen LogP) is 2.97. The van der Waals surface area contributed by atoms with E-state index >= 15 is 0 Å². The first kappa shape index (κ1) is 18.7. The molecule has 0 saturated carbocycles. The van der Waals surface area contributed by atoms with Gasteiger partial charge in [-0.05, 0) is 51.2 Å². The van der Waals surface area contributed by atoms with Crippen molar-refractivity contribution in [1.29, 1.82) is 0 Å². The summed E-state index contributed by atoms with van der Waals surface area (Å²) in [6, 6.07) is 6.18. The van der Waals surface area contributed by atoms with E-state index in [9.17, 15) is 9.59 Å². The van der Waals surface area contributed by atoms with Gasteiger partial charge in [0.2, 0.25) is 5.91 Å². The molecule has 2 aliphatic rings. The third kappa shape index (κ3) is 4.19. The first-order valence-corrected chi connectivity index (χ1v) is 10.0. The number of anilines is 1. The Hall–Kier alpha value is -2.04. The number of carbonyl (C=O) groups excluding carboxylic acids is 2. The maximum Gasteiger partial charge on any atom is 0.255 e. The fourth-order valence-electron chi connectivity index (χ4n) is 3.99. The van der Waals surface area contributed by atoms with E-state index in [0.29, 0.717) is 13.1 Å². The first-order chi connectivity index (χ1) is 12.6. The summed E-state index contributed by atoms with van der Waals surface area (Å²) in [4.78, 5) is 29.8. The van der Waals surface area contributed by atoms with Gasteiger partial charge >= 0.3 is 0 Å². The summed E-state index contributed by atoms with van der Waals surface area (Å²) >= 11 is 0. The number of benzene rings is 1. The molecule has 1 aromatic carbocycles. The number of hydrogen-bond acceptors (Lipinski definition) is 3. The van der Waals surface area contributed by atoms with Crippen molar-refractivity contribution in [3.05, 3.63) is 29.3 Å². The number of amides is 2. The molecule has 0 spiro atoms. The molecule has 2 amide bonds. The highest BCUT2D eigenvalue weighted by molar-refractivity contribution is 6.00. The van der Waals surface area contributed by atoms with Crippen LogP contribution in [-0.4, -0.2) is 49.4 Å². The van der Waals surface area contributed by atoms with Gasteiger partial charge in [-0.2, -0.15) is 0 Å². The fourth-order valence-corrected chi connectivity index (χ4v) is 3.99. The molecule has 1 atom stereocenters. The van der Waals surface area contributed by atoms with E-state index in [1.807, 2.05) is 17.9 Å². The highest BCUT2D eigenvalue weighted by Gasteiger charge is 2.30. The van der Waals surface area contributed by atoms with Crippen molar-refractivity contribution in [3.63, 3.8) is 0 Å². The average Bonchev–Trinajstić information content (AvgIpc) is 3.20. The van der Waals surface area contributed by atoms with Gasteiger partial charge in [-0.25, -0.2) is 0 Å². The van der Waals surface area contributed by atoms with Crippen LogP contribution in [0, 0.1) is 12.8 Å². The van der Waals surface area contributed by atoms with Crippen LogP contribution in [0.5, 0.6) is 0 Å². The third-order valence-electron chi connectivity index (χ3n) is 5.46. The first-order valence-electron chi connectivity index (χ1n) is 10.0. The minimum atomic E-state index is -0.0840. The molecule has 5 nitrogen and oxygen atoms in total. The van der Waals surface area contributed by atoms with Crippen molar-refractivity contribution in [2.75, 3.05) is 37.6 Å². The van der Waals surface area contributed by atoms with Crippen LogP contribution >= 0.6 is 0 Å². The summed E-state index contributed by atoms with van der Waals surface area (Å²) in [6.45, 7) is 8.10. The molecule has 1 unspecified atom stereocenters. The van der Waals surface area contributed by atoms with Crippen LogP contribution < -0.4 is 10.2 Å². The number of carbonyl (C=O) groups is 2. The third-order valence-corrected chi connectivity index (χ3v) is 5.46. The number of rotatable bonds is 5. The lowest BCUT2D eigenvalue weighted by Crippen LogP contribution is -2.45. The molecule has 26 heavy (non-hydrogen) atoms. The van der Waals surface area contributed by atoms with E-state index < -0.39 is 0 Å². The van der Waals surface area contributed by atoms with Crippen LogP contribution in [0.3, 0.4) is 0 Å². The predicted molar refractivity (Wildman–Crippen MR) is 105 cm³/mol. The second-order valence-electron chi connectivity index (χ2n) is 7.60. The van der Waals surface area contributed by atoms with Gasteiger partial charge in [0.1, 0.15) is 0 Å². The number of nitrogens with zero attached hydrogens (tertiary/aromatic N) is 2. The molecule has 2 heterocycles. The van der Waals surface area contributed by atoms with Gasteiger partial charge in [-0.15, -0.1) is 0 Å². The standard InChI is InChI=1S/C21H31N3O2/c1-3-10-22-20(25)17-7-6-13-24(15-17)21(26)18-14-16(2)8-9-19(18)23-11-4-5-12-23/h8-9,14,17H,3-7,10-13,15H2,1-2H3,(H,22,25). The van der Waals surface area contributed by atoms with Crippen LogP contribution in [0.25, 0.3) is 0 Å². The van der Waals surface area contributed by atoms with E-state index in [1.54, 1.807) is 0 Å². The van der Waals surface area contributed by atoms with E-state index in [4.69, 9.17) is 0 Å². The summed E-state index contributed by atoms with van der Waals surface area (Å²) in [5.74, 6) is 0.0799. The van der Waals surface area contributed by atoms with E-state index in [1.165, 1.54) is 12.8 Å². The minimum Gasteiger partial charge on any atom is -0.371 e. The summed E-state index contributed by atoms with van der Waals surface area (Å²) in [7, 11) is 0. The van der Waals surface area contributed by atoms with Crippen LogP contribution in [0.15, 0.2) is 18.2 Å². The molecule has 0 aliphatic carbocycles. The molecule has 3 rings (SSSR count). The highest BCUT2D eigenvalue weighted by atomic mass is 16.2. The molecule has 2 saturated heterocycles. The topological polar surface area (TPSA) is 52.7 Å². The van der Waals surface area contributed by atoms with Crippen molar-refractivity contribution < 1.29 is 9.59 Å². The monoisotopic (exact) mass is 357 g/mol. The molecular formula is C21H31N3O2. The zero-order valence-electron chi connectivity index (χ0n) is 16.1. The van der Waals surface area contributed by atoms with Gasteiger partial charge in [0.05, 0.1) is 11.5 Å². The van der Waals surface area contributed by atoms with Crippen LogP contribution in [0.4, 0.5) is 5.69 Å². The van der Waals surface area contributed by atoms with Crippen molar-refractivity contribution in [3.8, 4) is 0 Å². The van der Waals surface area contributed by atoms with Gasteiger partial charge in [0, 0.05) is 38.4 Å². The Morgan fingerprint density at radius 3 is 2.65 bits per heavy atom. The zero-order valence-corrected chi connectivity index (χ0v) is 16.1. The Morgan fingerprint density at radius 2 is 1.92 bits per heavy atom. The maximum absolute atomic E-state index is 13.3. The van der Waals surface area contributed by atoms with E-state index in [-0.39, 0.29) is 17.7 Å². The Morgan fingerprint density at radius 1 is 1.15 bits per heavy atom. The number of hydrogen-bond donors (Lipinski definition) is 1. The van der Waals surface area contributed by atoms with Crippen molar-refractivity contribution in [2.45, 2.75) is 46.0 Å². The Balaban J connectivity index is 1.76. The van der Waals surface area contributed by atoms with Crippen molar-refractivity contribution in [2.24, 2.45) is 5.92 Å². The molecule has 0 bridgehead atoms.